The molecule has 4 aromatic rings. The molecule has 0 aliphatic carbocycles. The molecular formula is C39H36FN3O5. The second-order valence-corrected chi connectivity index (χ2v) is 12.0. The minimum atomic E-state index is -1.10. The van der Waals surface area contributed by atoms with E-state index in [2.05, 4.69) is 60.8 Å². The minimum absolute atomic E-state index is 0.0141. The zero-order valence-electron chi connectivity index (χ0n) is 26.9. The Hall–Kier alpha value is -5.41. The van der Waals surface area contributed by atoms with Gasteiger partial charge in [0.2, 0.25) is 11.8 Å². The van der Waals surface area contributed by atoms with Gasteiger partial charge >= 0.3 is 0 Å². The molecule has 4 aromatic carbocycles. The van der Waals surface area contributed by atoms with Gasteiger partial charge in [-0.05, 0) is 72.0 Å². The molecule has 9 heteroatoms. The molecular weight excluding hydrogens is 609 g/mol. The lowest BCUT2D eigenvalue weighted by Crippen LogP contribution is -2.54. The van der Waals surface area contributed by atoms with Crippen LogP contribution in [0, 0.1) is 5.82 Å². The number of ether oxygens (including phenoxy) is 1. The molecule has 1 atom stereocenters. The van der Waals surface area contributed by atoms with Crippen LogP contribution in [0.4, 0.5) is 4.39 Å². The van der Waals surface area contributed by atoms with Gasteiger partial charge in [0.05, 0.1) is 11.1 Å². The molecule has 1 fully saturated rings. The number of fused-ring (bicyclic) bond motifs is 1. The van der Waals surface area contributed by atoms with Crippen LogP contribution < -0.4 is 10.1 Å². The first-order valence-corrected chi connectivity index (χ1v) is 16.0. The summed E-state index contributed by atoms with van der Waals surface area (Å²) in [6.07, 6.45) is 0.918. The quantitative estimate of drug-likeness (QED) is 0.156. The van der Waals surface area contributed by atoms with E-state index in [4.69, 9.17) is 4.74 Å². The van der Waals surface area contributed by atoms with Crippen molar-refractivity contribution in [3.05, 3.63) is 136 Å². The number of benzene rings is 4. The molecule has 0 aromatic heterocycles. The minimum Gasteiger partial charge on any atom is -0.492 e. The normalized spacial score (nSPS) is 16.6. The van der Waals surface area contributed by atoms with E-state index in [9.17, 15) is 19.2 Å². The third-order valence-corrected chi connectivity index (χ3v) is 8.77. The number of carbonyl (C=O) groups is 4. The molecule has 1 N–H and O–H groups in total. The highest BCUT2D eigenvalue weighted by molar-refractivity contribution is 6.23. The standard InChI is InChI=1S/C39H36FN3O5/c1-3-30(25-10-6-4-7-11-25)36(26-12-8-5-9-13-26)27-14-16-29(17-15-27)48-21-20-42(2)24-28-22-31-32(23-33(28)40)39(47)43(38(31)46)34-18-19-35(44)41-37(34)45/h4-17,22-23,34H,3,18-21,24H2,1-2H3,(H,41,44,45). The first-order chi connectivity index (χ1) is 23.2. The predicted octanol–water partition coefficient (Wildman–Crippen LogP) is 6.11. The summed E-state index contributed by atoms with van der Waals surface area (Å²) in [4.78, 5) is 52.7. The van der Waals surface area contributed by atoms with Crippen LogP contribution in [-0.4, -0.2) is 59.7 Å². The van der Waals surface area contributed by atoms with Crippen LogP contribution in [-0.2, 0) is 16.1 Å². The lowest BCUT2D eigenvalue weighted by atomic mass is 9.88. The Kier molecular flexibility index (Phi) is 9.59. The van der Waals surface area contributed by atoms with Crippen LogP contribution in [0.2, 0.25) is 0 Å². The summed E-state index contributed by atoms with van der Waals surface area (Å²) < 4.78 is 21.2. The number of allylic oxidation sites excluding steroid dienone is 1. The van der Waals surface area contributed by atoms with Crippen molar-refractivity contribution in [3.63, 3.8) is 0 Å². The molecule has 244 valence electrons. The molecule has 0 saturated carbocycles. The van der Waals surface area contributed by atoms with Gasteiger partial charge in [-0.3, -0.25) is 34.3 Å². The van der Waals surface area contributed by atoms with Gasteiger partial charge < -0.3 is 4.74 Å². The molecule has 8 nitrogen and oxygen atoms in total. The Morgan fingerprint density at radius 3 is 2.08 bits per heavy atom. The number of likely N-dealkylation sites (N-methyl/N-ethyl adjacent to an activating group) is 1. The Morgan fingerprint density at radius 1 is 0.854 bits per heavy atom. The van der Waals surface area contributed by atoms with E-state index in [1.807, 2.05) is 48.3 Å². The van der Waals surface area contributed by atoms with E-state index >= 15 is 4.39 Å². The molecule has 1 saturated heterocycles. The zero-order chi connectivity index (χ0) is 33.8. The molecule has 2 aliphatic rings. The van der Waals surface area contributed by atoms with Gasteiger partial charge in [-0.1, -0.05) is 79.7 Å². The van der Waals surface area contributed by atoms with E-state index in [1.165, 1.54) is 22.8 Å². The summed E-state index contributed by atoms with van der Waals surface area (Å²) in [6, 6.07) is 30.1. The van der Waals surface area contributed by atoms with E-state index in [1.54, 1.807) is 0 Å². The number of rotatable bonds is 11. The fourth-order valence-electron chi connectivity index (χ4n) is 6.35. The summed E-state index contributed by atoms with van der Waals surface area (Å²) in [6.45, 7) is 3.15. The number of hydrogen-bond acceptors (Lipinski definition) is 6. The Labute approximate surface area is 278 Å². The maximum atomic E-state index is 15.1. The molecule has 4 amide bonds. The number of imide groups is 2. The molecule has 0 spiro atoms. The first kappa shape index (κ1) is 32.5. The van der Waals surface area contributed by atoms with E-state index < -0.39 is 35.5 Å². The predicted molar refractivity (Wildman–Crippen MR) is 180 cm³/mol. The van der Waals surface area contributed by atoms with Crippen LogP contribution >= 0.6 is 0 Å². The van der Waals surface area contributed by atoms with Gasteiger partial charge in [0.25, 0.3) is 11.8 Å². The third kappa shape index (κ3) is 6.68. The van der Waals surface area contributed by atoms with Crippen molar-refractivity contribution in [2.24, 2.45) is 0 Å². The molecule has 2 aliphatic heterocycles. The Balaban J connectivity index is 1.10. The van der Waals surface area contributed by atoms with Crippen LogP contribution in [0.1, 0.15) is 69.2 Å². The summed E-state index contributed by atoms with van der Waals surface area (Å²) >= 11 is 0. The summed E-state index contributed by atoms with van der Waals surface area (Å²) in [5.41, 5.74) is 6.05. The molecule has 6 rings (SSSR count). The molecule has 2 heterocycles. The number of carbonyl (C=O) groups excluding carboxylic acids is 4. The second kappa shape index (κ2) is 14.1. The van der Waals surface area contributed by atoms with Gasteiger partial charge in [-0.2, -0.15) is 0 Å². The smallest absolute Gasteiger partial charge is 0.262 e. The maximum absolute atomic E-state index is 15.1. The number of piperidine rings is 1. The SMILES string of the molecule is CCC(=C(c1ccccc1)c1ccc(OCCN(C)Cc2cc3c(cc2F)C(=O)N(C2CCC(=O)NC2=O)C3=O)cc1)c1ccccc1. The highest BCUT2D eigenvalue weighted by atomic mass is 19.1. The zero-order valence-corrected chi connectivity index (χ0v) is 26.9. The summed E-state index contributed by atoms with van der Waals surface area (Å²) in [5.74, 6) is -2.47. The van der Waals surface area contributed by atoms with Crippen molar-refractivity contribution >= 4 is 34.8 Å². The van der Waals surface area contributed by atoms with Crippen molar-refractivity contribution < 1.29 is 28.3 Å². The molecule has 48 heavy (non-hydrogen) atoms. The van der Waals surface area contributed by atoms with Gasteiger partial charge in [0.1, 0.15) is 24.2 Å². The number of nitrogens with zero attached hydrogens (tertiary/aromatic N) is 2. The average Bonchev–Trinajstić information content (AvgIpc) is 3.32. The van der Waals surface area contributed by atoms with Crippen LogP contribution in [0.15, 0.2) is 97.1 Å². The molecule has 1 unspecified atom stereocenters. The average molecular weight is 646 g/mol. The maximum Gasteiger partial charge on any atom is 0.262 e. The van der Waals surface area contributed by atoms with E-state index in [0.29, 0.717) is 18.9 Å². The number of halogens is 1. The van der Waals surface area contributed by atoms with Gasteiger partial charge in [0, 0.05) is 25.1 Å². The lowest BCUT2D eigenvalue weighted by molar-refractivity contribution is -0.136. The second-order valence-electron chi connectivity index (χ2n) is 12.0. The molecule has 0 bridgehead atoms. The third-order valence-electron chi connectivity index (χ3n) is 8.77. The van der Waals surface area contributed by atoms with Gasteiger partial charge in [-0.15, -0.1) is 0 Å². The largest absolute Gasteiger partial charge is 0.492 e. The lowest BCUT2D eigenvalue weighted by Gasteiger charge is -2.27. The van der Waals surface area contributed by atoms with Crippen molar-refractivity contribution in [2.45, 2.75) is 38.8 Å². The first-order valence-electron chi connectivity index (χ1n) is 16.0. The Bertz CT molecular complexity index is 1890. The van der Waals surface area contributed by atoms with Crippen LogP contribution in [0.25, 0.3) is 11.1 Å². The van der Waals surface area contributed by atoms with Crippen molar-refractivity contribution in [1.29, 1.82) is 0 Å². The topological polar surface area (TPSA) is 96.0 Å². The highest BCUT2D eigenvalue weighted by Gasteiger charge is 2.45. The van der Waals surface area contributed by atoms with Crippen LogP contribution in [0.5, 0.6) is 5.75 Å². The van der Waals surface area contributed by atoms with Gasteiger partial charge in [0.15, 0.2) is 0 Å². The highest BCUT2D eigenvalue weighted by Crippen LogP contribution is 2.35. The summed E-state index contributed by atoms with van der Waals surface area (Å²) in [7, 11) is 1.81. The van der Waals surface area contributed by atoms with Crippen molar-refractivity contribution in [1.82, 2.24) is 15.1 Å². The number of nitrogens with one attached hydrogen (secondary N) is 1. The van der Waals surface area contributed by atoms with Gasteiger partial charge in [-0.25, -0.2) is 4.39 Å². The summed E-state index contributed by atoms with van der Waals surface area (Å²) in [5, 5.41) is 2.16. The van der Waals surface area contributed by atoms with Crippen molar-refractivity contribution in [3.8, 4) is 5.75 Å². The number of amides is 4. The Morgan fingerprint density at radius 2 is 1.46 bits per heavy atom. The number of hydrogen-bond donors (Lipinski definition) is 1. The van der Waals surface area contributed by atoms with Crippen LogP contribution in [0.3, 0.4) is 0 Å². The molecule has 0 radical (unpaired) electrons. The van der Waals surface area contributed by atoms with E-state index in [0.717, 1.165) is 28.5 Å². The van der Waals surface area contributed by atoms with E-state index in [-0.39, 0.29) is 36.1 Å². The monoisotopic (exact) mass is 645 g/mol. The fourth-order valence-corrected chi connectivity index (χ4v) is 6.35. The van der Waals surface area contributed by atoms with Crippen molar-refractivity contribution in [2.75, 3.05) is 20.2 Å². The fraction of sp³-hybridized carbons (Fsp3) is 0.231.